The van der Waals surface area contributed by atoms with Crippen molar-refractivity contribution in [2.24, 2.45) is 0 Å². The lowest BCUT2D eigenvalue weighted by molar-refractivity contribution is 0.0936. The molecule has 0 saturated heterocycles. The lowest BCUT2D eigenvalue weighted by atomic mass is 10.1. The summed E-state index contributed by atoms with van der Waals surface area (Å²) in [5, 5.41) is 12.4. The molecule has 0 bridgehead atoms. The van der Waals surface area contributed by atoms with Gasteiger partial charge in [-0.3, -0.25) is 4.79 Å². The van der Waals surface area contributed by atoms with Crippen LogP contribution in [0.1, 0.15) is 35.7 Å². The van der Waals surface area contributed by atoms with E-state index in [1.54, 1.807) is 18.2 Å². The average molecular weight is 348 g/mol. The molecule has 0 aromatic heterocycles. The minimum absolute atomic E-state index is 0.0145. The van der Waals surface area contributed by atoms with E-state index in [1.807, 2.05) is 37.3 Å². The van der Waals surface area contributed by atoms with E-state index in [9.17, 15) is 4.79 Å². The summed E-state index contributed by atoms with van der Waals surface area (Å²) >= 11 is 5.95. The molecule has 1 amide bonds. The lowest BCUT2D eigenvalue weighted by Gasteiger charge is -2.14. The maximum atomic E-state index is 12.2. The van der Waals surface area contributed by atoms with Crippen LogP contribution in [0.15, 0.2) is 48.5 Å². The van der Waals surface area contributed by atoms with E-state index in [0.717, 1.165) is 12.0 Å². The Labute approximate surface area is 147 Å². The number of benzene rings is 2. The van der Waals surface area contributed by atoms with E-state index < -0.39 is 0 Å². The van der Waals surface area contributed by atoms with Crippen LogP contribution in [0.4, 0.5) is 0 Å². The van der Waals surface area contributed by atoms with Crippen LogP contribution in [-0.4, -0.2) is 23.7 Å². The number of amides is 1. The van der Waals surface area contributed by atoms with Crippen LogP contribution in [0.25, 0.3) is 0 Å². The Morgan fingerprint density at radius 3 is 2.79 bits per heavy atom. The molecule has 1 atom stereocenters. The standard InChI is InChI=1S/C19H22ClNO3/c1-14(5-4-10-22)21-19(23)16-7-3-9-18(12-16)24-13-15-6-2-8-17(20)11-15/h2-3,6-9,11-12,14,22H,4-5,10,13H2,1H3,(H,21,23). The van der Waals surface area contributed by atoms with Crippen molar-refractivity contribution in [2.75, 3.05) is 6.61 Å². The molecular formula is C19H22ClNO3. The topological polar surface area (TPSA) is 58.6 Å². The van der Waals surface area contributed by atoms with Gasteiger partial charge in [0.2, 0.25) is 0 Å². The second-order valence-electron chi connectivity index (χ2n) is 5.69. The van der Waals surface area contributed by atoms with Gasteiger partial charge < -0.3 is 15.2 Å². The molecule has 2 aromatic carbocycles. The lowest BCUT2D eigenvalue weighted by Crippen LogP contribution is -2.32. The van der Waals surface area contributed by atoms with Crippen molar-refractivity contribution in [2.45, 2.75) is 32.4 Å². The van der Waals surface area contributed by atoms with Crippen LogP contribution in [0.5, 0.6) is 5.75 Å². The number of halogens is 1. The highest BCUT2D eigenvalue weighted by atomic mass is 35.5. The fraction of sp³-hybridized carbons (Fsp3) is 0.316. The summed E-state index contributed by atoms with van der Waals surface area (Å²) < 4.78 is 5.74. The van der Waals surface area contributed by atoms with Gasteiger partial charge in [0.15, 0.2) is 0 Å². The highest BCUT2D eigenvalue weighted by Gasteiger charge is 2.10. The number of carbonyl (C=O) groups is 1. The second-order valence-corrected chi connectivity index (χ2v) is 6.12. The van der Waals surface area contributed by atoms with Crippen LogP contribution < -0.4 is 10.1 Å². The maximum Gasteiger partial charge on any atom is 0.251 e. The first kappa shape index (κ1) is 18.3. The van der Waals surface area contributed by atoms with Crippen molar-refractivity contribution in [1.82, 2.24) is 5.32 Å². The van der Waals surface area contributed by atoms with Crippen LogP contribution in [0.2, 0.25) is 5.02 Å². The van der Waals surface area contributed by atoms with E-state index in [4.69, 9.17) is 21.4 Å². The summed E-state index contributed by atoms with van der Waals surface area (Å²) in [5.41, 5.74) is 1.52. The number of hydrogen-bond donors (Lipinski definition) is 2. The second kappa shape index (κ2) is 9.30. The molecule has 4 nitrogen and oxygen atoms in total. The first-order valence-electron chi connectivity index (χ1n) is 7.97. The molecule has 2 rings (SSSR count). The molecular weight excluding hydrogens is 326 g/mol. The van der Waals surface area contributed by atoms with Gasteiger partial charge in [0.25, 0.3) is 5.91 Å². The van der Waals surface area contributed by atoms with Gasteiger partial charge in [-0.1, -0.05) is 29.8 Å². The number of rotatable bonds is 8. The van der Waals surface area contributed by atoms with Gasteiger partial charge >= 0.3 is 0 Å². The van der Waals surface area contributed by atoms with Gasteiger partial charge in [-0.25, -0.2) is 0 Å². The third-order valence-corrected chi connectivity index (χ3v) is 3.80. The molecule has 2 aromatic rings. The number of aliphatic hydroxyl groups excluding tert-OH is 1. The van der Waals surface area contributed by atoms with Gasteiger partial charge in [-0.15, -0.1) is 0 Å². The normalized spacial score (nSPS) is 11.8. The molecule has 0 aliphatic carbocycles. The molecule has 0 heterocycles. The molecule has 0 saturated carbocycles. The number of carbonyl (C=O) groups excluding carboxylic acids is 1. The highest BCUT2D eigenvalue weighted by Crippen LogP contribution is 2.17. The van der Waals surface area contributed by atoms with Crippen molar-refractivity contribution in [3.8, 4) is 5.75 Å². The molecule has 0 spiro atoms. The zero-order chi connectivity index (χ0) is 17.4. The zero-order valence-electron chi connectivity index (χ0n) is 13.7. The SMILES string of the molecule is CC(CCCO)NC(=O)c1cccc(OCc2cccc(Cl)c2)c1. The predicted octanol–water partition coefficient (Wildman–Crippen LogP) is 3.81. The zero-order valence-corrected chi connectivity index (χ0v) is 14.4. The van der Waals surface area contributed by atoms with Gasteiger partial charge in [0.05, 0.1) is 0 Å². The third kappa shape index (κ3) is 5.87. The van der Waals surface area contributed by atoms with E-state index in [1.165, 1.54) is 0 Å². The minimum Gasteiger partial charge on any atom is -0.489 e. The van der Waals surface area contributed by atoms with Gasteiger partial charge in [-0.2, -0.15) is 0 Å². The molecule has 128 valence electrons. The highest BCUT2D eigenvalue weighted by molar-refractivity contribution is 6.30. The Kier molecular flexibility index (Phi) is 7.09. The Morgan fingerprint density at radius 1 is 1.25 bits per heavy atom. The monoisotopic (exact) mass is 347 g/mol. The summed E-state index contributed by atoms with van der Waals surface area (Å²) in [6, 6.07) is 14.6. The van der Waals surface area contributed by atoms with Crippen molar-refractivity contribution < 1.29 is 14.6 Å². The van der Waals surface area contributed by atoms with Crippen LogP contribution in [0.3, 0.4) is 0 Å². The number of hydrogen-bond acceptors (Lipinski definition) is 3. The van der Waals surface area contributed by atoms with Gasteiger partial charge in [0, 0.05) is 23.2 Å². The van der Waals surface area contributed by atoms with Crippen molar-refractivity contribution in [3.63, 3.8) is 0 Å². The number of aliphatic hydroxyl groups is 1. The Balaban J connectivity index is 1.94. The van der Waals surface area contributed by atoms with E-state index in [-0.39, 0.29) is 18.6 Å². The Hall–Kier alpha value is -2.04. The summed E-state index contributed by atoms with van der Waals surface area (Å²) in [4.78, 5) is 12.2. The number of ether oxygens (including phenoxy) is 1. The molecule has 1 unspecified atom stereocenters. The maximum absolute atomic E-state index is 12.2. The quantitative estimate of drug-likeness (QED) is 0.763. The summed E-state index contributed by atoms with van der Waals surface area (Å²) in [6.07, 6.45) is 1.41. The number of nitrogens with one attached hydrogen (secondary N) is 1. The smallest absolute Gasteiger partial charge is 0.251 e. The van der Waals surface area contributed by atoms with E-state index in [2.05, 4.69) is 5.32 Å². The molecule has 24 heavy (non-hydrogen) atoms. The molecule has 0 aliphatic heterocycles. The molecule has 0 aliphatic rings. The van der Waals surface area contributed by atoms with Crippen LogP contribution in [0, 0.1) is 0 Å². The predicted molar refractivity (Wildman–Crippen MR) is 95.5 cm³/mol. The first-order valence-corrected chi connectivity index (χ1v) is 8.35. The summed E-state index contributed by atoms with van der Waals surface area (Å²) in [7, 11) is 0. The van der Waals surface area contributed by atoms with Crippen molar-refractivity contribution in [3.05, 3.63) is 64.7 Å². The molecule has 2 N–H and O–H groups in total. The van der Waals surface area contributed by atoms with Crippen molar-refractivity contribution >= 4 is 17.5 Å². The fourth-order valence-electron chi connectivity index (χ4n) is 2.30. The van der Waals surface area contributed by atoms with Crippen LogP contribution >= 0.6 is 11.6 Å². The molecule has 0 fully saturated rings. The van der Waals surface area contributed by atoms with Gasteiger partial charge in [0.1, 0.15) is 12.4 Å². The average Bonchev–Trinajstić information content (AvgIpc) is 2.58. The van der Waals surface area contributed by atoms with E-state index in [0.29, 0.717) is 29.4 Å². The molecule has 0 radical (unpaired) electrons. The van der Waals surface area contributed by atoms with E-state index >= 15 is 0 Å². The fourth-order valence-corrected chi connectivity index (χ4v) is 2.51. The Morgan fingerprint density at radius 2 is 2.04 bits per heavy atom. The third-order valence-electron chi connectivity index (χ3n) is 3.56. The largest absolute Gasteiger partial charge is 0.489 e. The Bertz CT molecular complexity index is 675. The van der Waals surface area contributed by atoms with Gasteiger partial charge in [-0.05, 0) is 55.7 Å². The summed E-state index contributed by atoms with van der Waals surface area (Å²) in [6.45, 7) is 2.44. The summed E-state index contributed by atoms with van der Waals surface area (Å²) in [5.74, 6) is 0.485. The van der Waals surface area contributed by atoms with Crippen LogP contribution in [-0.2, 0) is 6.61 Å². The minimum atomic E-state index is -0.145. The molecule has 5 heteroatoms. The van der Waals surface area contributed by atoms with Crippen molar-refractivity contribution in [1.29, 1.82) is 0 Å². The first-order chi connectivity index (χ1) is 11.6.